The lowest BCUT2D eigenvalue weighted by molar-refractivity contribution is 0.0734. The molecule has 33 heavy (non-hydrogen) atoms. The van der Waals surface area contributed by atoms with Crippen LogP contribution >= 0.6 is 0 Å². The Morgan fingerprint density at radius 3 is 2.09 bits per heavy atom. The SMILES string of the molecule is CCCCOc1ccc(C(=O)Oc2ccc(/C=N\NC(=O)c3ccc(OC)cc3)cc2)cc1. The third-order valence-electron chi connectivity index (χ3n) is 4.68. The molecule has 0 atom stereocenters. The van der Waals surface area contributed by atoms with Crippen LogP contribution in [0.4, 0.5) is 0 Å². The van der Waals surface area contributed by atoms with Crippen molar-refractivity contribution in [1.29, 1.82) is 0 Å². The first-order valence-electron chi connectivity index (χ1n) is 10.6. The zero-order valence-electron chi connectivity index (χ0n) is 18.6. The molecule has 0 saturated heterocycles. The number of methoxy groups -OCH3 is 1. The van der Waals surface area contributed by atoms with E-state index in [1.165, 1.54) is 6.21 Å². The van der Waals surface area contributed by atoms with E-state index in [0.29, 0.717) is 29.2 Å². The number of esters is 1. The van der Waals surface area contributed by atoms with Gasteiger partial charge in [-0.25, -0.2) is 10.2 Å². The molecule has 3 rings (SSSR count). The molecule has 7 nitrogen and oxygen atoms in total. The van der Waals surface area contributed by atoms with Gasteiger partial charge < -0.3 is 14.2 Å². The molecule has 3 aromatic rings. The Morgan fingerprint density at radius 2 is 1.45 bits per heavy atom. The van der Waals surface area contributed by atoms with E-state index in [1.807, 2.05) is 0 Å². The number of hydrogen-bond acceptors (Lipinski definition) is 6. The van der Waals surface area contributed by atoms with Crippen LogP contribution in [0.25, 0.3) is 0 Å². The number of carbonyl (C=O) groups is 2. The number of benzene rings is 3. The molecule has 0 fully saturated rings. The number of ether oxygens (including phenoxy) is 3. The zero-order valence-corrected chi connectivity index (χ0v) is 18.6. The minimum Gasteiger partial charge on any atom is -0.497 e. The summed E-state index contributed by atoms with van der Waals surface area (Å²) in [6.45, 7) is 2.75. The average molecular weight is 447 g/mol. The van der Waals surface area contributed by atoms with Crippen LogP contribution in [-0.4, -0.2) is 31.8 Å². The average Bonchev–Trinajstić information content (AvgIpc) is 2.85. The Morgan fingerprint density at radius 1 is 0.848 bits per heavy atom. The first kappa shape index (κ1) is 23.5. The van der Waals surface area contributed by atoms with E-state index < -0.39 is 5.97 Å². The topological polar surface area (TPSA) is 86.2 Å². The molecular weight excluding hydrogens is 420 g/mol. The van der Waals surface area contributed by atoms with Gasteiger partial charge in [-0.1, -0.05) is 13.3 Å². The molecule has 0 aliphatic rings. The normalized spacial score (nSPS) is 10.6. The number of hydrazone groups is 1. The Kier molecular flexibility index (Phi) is 8.59. The molecule has 0 aliphatic heterocycles. The molecule has 0 heterocycles. The Bertz CT molecular complexity index is 1080. The molecule has 0 spiro atoms. The van der Waals surface area contributed by atoms with E-state index in [-0.39, 0.29) is 5.91 Å². The fourth-order valence-corrected chi connectivity index (χ4v) is 2.78. The third-order valence-corrected chi connectivity index (χ3v) is 4.68. The van der Waals surface area contributed by atoms with Crippen LogP contribution in [-0.2, 0) is 0 Å². The van der Waals surface area contributed by atoms with Crippen LogP contribution < -0.4 is 19.6 Å². The number of hydrogen-bond donors (Lipinski definition) is 1. The summed E-state index contributed by atoms with van der Waals surface area (Å²) >= 11 is 0. The van der Waals surface area contributed by atoms with Crippen molar-refractivity contribution in [2.45, 2.75) is 19.8 Å². The highest BCUT2D eigenvalue weighted by atomic mass is 16.5. The highest BCUT2D eigenvalue weighted by molar-refractivity contribution is 5.95. The van der Waals surface area contributed by atoms with Gasteiger partial charge in [-0.3, -0.25) is 4.79 Å². The highest BCUT2D eigenvalue weighted by Gasteiger charge is 2.09. The second-order valence-corrected chi connectivity index (χ2v) is 7.11. The number of carbonyl (C=O) groups excluding carboxylic acids is 2. The van der Waals surface area contributed by atoms with Crippen LogP contribution in [0, 0.1) is 0 Å². The van der Waals surface area contributed by atoms with Crippen molar-refractivity contribution < 1.29 is 23.8 Å². The predicted octanol–water partition coefficient (Wildman–Crippen LogP) is 4.86. The van der Waals surface area contributed by atoms with Crippen molar-refractivity contribution >= 4 is 18.1 Å². The molecule has 0 bridgehead atoms. The van der Waals surface area contributed by atoms with Crippen molar-refractivity contribution in [3.05, 3.63) is 89.5 Å². The van der Waals surface area contributed by atoms with Crippen LogP contribution in [0.15, 0.2) is 77.9 Å². The summed E-state index contributed by atoms with van der Waals surface area (Å²) in [5.41, 5.74) is 4.11. The molecule has 3 aromatic carbocycles. The lowest BCUT2D eigenvalue weighted by Gasteiger charge is -2.07. The van der Waals surface area contributed by atoms with Crippen LogP contribution in [0.2, 0.25) is 0 Å². The van der Waals surface area contributed by atoms with Crippen molar-refractivity contribution in [3.63, 3.8) is 0 Å². The minimum absolute atomic E-state index is 0.332. The Labute approximate surface area is 193 Å². The van der Waals surface area contributed by atoms with Gasteiger partial charge in [0, 0.05) is 5.56 Å². The molecule has 0 radical (unpaired) electrons. The van der Waals surface area contributed by atoms with Crippen molar-refractivity contribution in [3.8, 4) is 17.2 Å². The molecular formula is C26H26N2O5. The van der Waals surface area contributed by atoms with Crippen LogP contribution in [0.1, 0.15) is 46.0 Å². The third kappa shape index (κ3) is 7.21. The maximum absolute atomic E-state index is 12.3. The Balaban J connectivity index is 1.50. The lowest BCUT2D eigenvalue weighted by atomic mass is 10.2. The van der Waals surface area contributed by atoms with E-state index in [0.717, 1.165) is 24.2 Å². The summed E-state index contributed by atoms with van der Waals surface area (Å²) in [4.78, 5) is 24.4. The fraction of sp³-hybridized carbons (Fsp3) is 0.192. The van der Waals surface area contributed by atoms with Gasteiger partial charge in [-0.05, 0) is 84.8 Å². The van der Waals surface area contributed by atoms with E-state index >= 15 is 0 Å². The lowest BCUT2D eigenvalue weighted by Crippen LogP contribution is -2.17. The molecule has 0 aromatic heterocycles. The quantitative estimate of drug-likeness (QED) is 0.158. The summed E-state index contributed by atoms with van der Waals surface area (Å²) < 4.78 is 16.1. The summed E-state index contributed by atoms with van der Waals surface area (Å²) in [7, 11) is 1.56. The molecule has 7 heteroatoms. The summed E-state index contributed by atoms with van der Waals surface area (Å²) in [6, 6.07) is 20.4. The summed E-state index contributed by atoms with van der Waals surface area (Å²) in [5, 5.41) is 3.96. The van der Waals surface area contributed by atoms with Gasteiger partial charge in [0.1, 0.15) is 17.2 Å². The van der Waals surface area contributed by atoms with Crippen LogP contribution in [0.3, 0.4) is 0 Å². The van der Waals surface area contributed by atoms with E-state index in [2.05, 4.69) is 17.5 Å². The van der Waals surface area contributed by atoms with Crippen molar-refractivity contribution in [2.75, 3.05) is 13.7 Å². The molecule has 1 amide bonds. The number of nitrogens with zero attached hydrogens (tertiary/aromatic N) is 1. The monoisotopic (exact) mass is 446 g/mol. The number of rotatable bonds is 10. The largest absolute Gasteiger partial charge is 0.497 e. The number of amides is 1. The maximum atomic E-state index is 12.3. The predicted molar refractivity (Wildman–Crippen MR) is 126 cm³/mol. The van der Waals surface area contributed by atoms with Gasteiger partial charge >= 0.3 is 5.97 Å². The zero-order chi connectivity index (χ0) is 23.5. The van der Waals surface area contributed by atoms with Gasteiger partial charge in [0.25, 0.3) is 5.91 Å². The van der Waals surface area contributed by atoms with Gasteiger partial charge in [0.2, 0.25) is 0 Å². The summed E-state index contributed by atoms with van der Waals surface area (Å²) in [6.07, 6.45) is 3.55. The van der Waals surface area contributed by atoms with E-state index in [9.17, 15) is 9.59 Å². The Hall–Kier alpha value is -4.13. The number of nitrogens with one attached hydrogen (secondary N) is 1. The molecule has 170 valence electrons. The molecule has 0 saturated carbocycles. The fourth-order valence-electron chi connectivity index (χ4n) is 2.78. The van der Waals surface area contributed by atoms with E-state index in [1.54, 1.807) is 79.9 Å². The van der Waals surface area contributed by atoms with Gasteiger partial charge in [-0.2, -0.15) is 5.10 Å². The molecule has 0 unspecified atom stereocenters. The van der Waals surface area contributed by atoms with Crippen molar-refractivity contribution in [1.82, 2.24) is 5.43 Å². The standard InChI is InChI=1S/C26H26N2O5/c1-3-4-17-32-23-15-9-21(10-16-23)26(30)33-24-11-5-19(6-12-24)18-27-28-25(29)20-7-13-22(31-2)14-8-20/h5-16,18H,3-4,17H2,1-2H3,(H,28,29)/b27-18-. The maximum Gasteiger partial charge on any atom is 0.343 e. The second-order valence-electron chi connectivity index (χ2n) is 7.11. The first-order valence-corrected chi connectivity index (χ1v) is 10.6. The van der Waals surface area contributed by atoms with Crippen LogP contribution in [0.5, 0.6) is 17.2 Å². The first-order chi connectivity index (χ1) is 16.1. The minimum atomic E-state index is -0.455. The smallest absolute Gasteiger partial charge is 0.343 e. The van der Waals surface area contributed by atoms with Gasteiger partial charge in [-0.15, -0.1) is 0 Å². The molecule has 0 aliphatic carbocycles. The molecule has 1 N–H and O–H groups in total. The summed E-state index contributed by atoms with van der Waals surface area (Å²) in [5.74, 6) is 1.01. The van der Waals surface area contributed by atoms with Gasteiger partial charge in [0.05, 0.1) is 25.5 Å². The highest BCUT2D eigenvalue weighted by Crippen LogP contribution is 2.17. The van der Waals surface area contributed by atoms with Gasteiger partial charge in [0.15, 0.2) is 0 Å². The van der Waals surface area contributed by atoms with Crippen molar-refractivity contribution in [2.24, 2.45) is 5.10 Å². The second kappa shape index (κ2) is 12.0. The number of unbranched alkanes of at least 4 members (excludes halogenated alkanes) is 1. The van der Waals surface area contributed by atoms with E-state index in [4.69, 9.17) is 14.2 Å².